The second-order valence-corrected chi connectivity index (χ2v) is 8.08. The quantitative estimate of drug-likeness (QED) is 0.162. The molecule has 0 aliphatic rings. The minimum absolute atomic E-state index is 0.216. The molecule has 0 heterocycles. The number of hydrogen-bond donors (Lipinski definition) is 0. The van der Waals surface area contributed by atoms with Gasteiger partial charge in [-0.25, -0.2) is 0 Å². The highest BCUT2D eigenvalue weighted by Crippen LogP contribution is 2.31. The average molecular weight is 444 g/mol. The van der Waals surface area contributed by atoms with E-state index in [-0.39, 0.29) is 4.49 Å². The number of rotatable bonds is 15. The van der Waals surface area contributed by atoms with Crippen molar-refractivity contribution >= 4 is 28.9 Å². The van der Waals surface area contributed by atoms with Crippen LogP contribution in [-0.4, -0.2) is 25.5 Å². The van der Waals surface area contributed by atoms with Gasteiger partial charge in [-0.15, -0.1) is 0 Å². The fourth-order valence-electron chi connectivity index (χ4n) is 2.87. The molecule has 0 saturated carbocycles. The van der Waals surface area contributed by atoms with E-state index >= 15 is 0 Å². The zero-order chi connectivity index (χ0) is 21.5. The summed E-state index contributed by atoms with van der Waals surface area (Å²) in [5, 5.41) is 3.94. The second-order valence-electron chi connectivity index (χ2n) is 7.07. The third kappa shape index (κ3) is 11.4. The van der Waals surface area contributed by atoms with Crippen molar-refractivity contribution in [2.45, 2.75) is 72.6 Å². The molecule has 0 atom stereocenters. The number of halogens is 2. The molecule has 4 nitrogen and oxygen atoms in total. The van der Waals surface area contributed by atoms with Crippen molar-refractivity contribution in [1.82, 2.24) is 0 Å². The van der Waals surface area contributed by atoms with Gasteiger partial charge in [-0.1, -0.05) is 55.0 Å². The first-order chi connectivity index (χ1) is 14.0. The Morgan fingerprint density at radius 1 is 0.897 bits per heavy atom. The number of nitrogens with zero attached hydrogens (tertiary/aromatic N) is 1. The Morgan fingerprint density at radius 2 is 1.48 bits per heavy atom. The van der Waals surface area contributed by atoms with E-state index < -0.39 is 0 Å². The number of ether oxygens (including phenoxy) is 2. The van der Waals surface area contributed by atoms with Crippen molar-refractivity contribution in [1.29, 1.82) is 0 Å². The molecule has 0 bridgehead atoms. The standard InChI is InChI=1S/C23H35Cl2NO3/c1-5-19-16-21(27-15-12-22(24)25)17-20(6-2)23(19)28-13-10-8-7-9-11-14-29-26-18(3)4/h12,16-17H,5-11,13-15H2,1-4H3. The molecular formula is C23H35Cl2NO3. The summed E-state index contributed by atoms with van der Waals surface area (Å²) in [6.45, 7) is 9.92. The first-order valence-electron chi connectivity index (χ1n) is 10.5. The summed E-state index contributed by atoms with van der Waals surface area (Å²) in [5.74, 6) is 1.83. The van der Waals surface area contributed by atoms with Crippen LogP contribution in [0.5, 0.6) is 11.5 Å². The fraction of sp³-hybridized carbons (Fsp3) is 0.609. The number of aryl methyl sites for hydroxylation is 2. The Morgan fingerprint density at radius 3 is 2.03 bits per heavy atom. The molecule has 0 aromatic heterocycles. The lowest BCUT2D eigenvalue weighted by molar-refractivity contribution is 0.139. The van der Waals surface area contributed by atoms with Gasteiger partial charge in [0.15, 0.2) is 0 Å². The van der Waals surface area contributed by atoms with Gasteiger partial charge >= 0.3 is 0 Å². The third-order valence-electron chi connectivity index (χ3n) is 4.34. The number of benzene rings is 1. The van der Waals surface area contributed by atoms with E-state index in [1.165, 1.54) is 17.5 Å². The minimum Gasteiger partial charge on any atom is -0.493 e. The molecule has 0 spiro atoms. The van der Waals surface area contributed by atoms with Gasteiger partial charge in [0.25, 0.3) is 0 Å². The number of hydrogen-bond acceptors (Lipinski definition) is 4. The predicted molar refractivity (Wildman–Crippen MR) is 124 cm³/mol. The lowest BCUT2D eigenvalue weighted by Crippen LogP contribution is -2.05. The Labute approximate surface area is 186 Å². The van der Waals surface area contributed by atoms with Gasteiger partial charge in [-0.2, -0.15) is 0 Å². The molecule has 0 aliphatic carbocycles. The number of oxime groups is 1. The highest BCUT2D eigenvalue weighted by molar-refractivity contribution is 6.55. The van der Waals surface area contributed by atoms with E-state index in [0.717, 1.165) is 62.3 Å². The Balaban J connectivity index is 2.42. The first kappa shape index (κ1) is 25.6. The molecule has 29 heavy (non-hydrogen) atoms. The van der Waals surface area contributed by atoms with Crippen molar-refractivity contribution in [2.24, 2.45) is 5.16 Å². The van der Waals surface area contributed by atoms with E-state index in [9.17, 15) is 0 Å². The summed E-state index contributed by atoms with van der Waals surface area (Å²) in [6.07, 6.45) is 9.02. The van der Waals surface area contributed by atoms with Crippen LogP contribution in [0, 0.1) is 0 Å². The minimum atomic E-state index is 0.216. The molecule has 0 radical (unpaired) electrons. The largest absolute Gasteiger partial charge is 0.493 e. The molecule has 1 aromatic carbocycles. The summed E-state index contributed by atoms with van der Waals surface area (Å²) in [5.41, 5.74) is 3.30. The van der Waals surface area contributed by atoms with Crippen LogP contribution in [-0.2, 0) is 17.7 Å². The summed E-state index contributed by atoms with van der Waals surface area (Å²) in [4.78, 5) is 5.21. The monoisotopic (exact) mass is 443 g/mol. The lowest BCUT2D eigenvalue weighted by atomic mass is 10.0. The maximum absolute atomic E-state index is 6.17. The van der Waals surface area contributed by atoms with E-state index in [2.05, 4.69) is 19.0 Å². The van der Waals surface area contributed by atoms with E-state index in [0.29, 0.717) is 13.2 Å². The topological polar surface area (TPSA) is 40.0 Å². The Bertz CT molecular complexity index is 627. The third-order valence-corrected chi connectivity index (χ3v) is 4.65. The van der Waals surface area contributed by atoms with Crippen LogP contribution in [0.1, 0.15) is 70.9 Å². The molecule has 0 unspecified atom stereocenters. The second kappa shape index (κ2) is 15.4. The summed E-state index contributed by atoms with van der Waals surface area (Å²) in [6, 6.07) is 4.09. The van der Waals surface area contributed by atoms with Gasteiger partial charge < -0.3 is 14.3 Å². The highest BCUT2D eigenvalue weighted by Gasteiger charge is 2.11. The van der Waals surface area contributed by atoms with Crippen LogP contribution in [0.4, 0.5) is 0 Å². The van der Waals surface area contributed by atoms with Gasteiger partial charge in [-0.05, 0) is 75.3 Å². The average Bonchev–Trinajstić information content (AvgIpc) is 2.68. The van der Waals surface area contributed by atoms with Crippen molar-refractivity contribution in [2.75, 3.05) is 19.8 Å². The normalized spacial score (nSPS) is 10.4. The smallest absolute Gasteiger partial charge is 0.125 e. The molecular weight excluding hydrogens is 409 g/mol. The maximum atomic E-state index is 6.17. The molecule has 0 fully saturated rings. The van der Waals surface area contributed by atoms with Crippen LogP contribution in [0.3, 0.4) is 0 Å². The van der Waals surface area contributed by atoms with Gasteiger partial charge in [0.1, 0.15) is 29.2 Å². The molecule has 1 aromatic rings. The van der Waals surface area contributed by atoms with Gasteiger partial charge in [0.2, 0.25) is 0 Å². The van der Waals surface area contributed by atoms with E-state index in [1.54, 1.807) is 6.08 Å². The van der Waals surface area contributed by atoms with E-state index in [4.69, 9.17) is 37.5 Å². The zero-order valence-corrected chi connectivity index (χ0v) is 19.7. The van der Waals surface area contributed by atoms with Crippen molar-refractivity contribution in [3.63, 3.8) is 0 Å². The summed E-state index contributed by atoms with van der Waals surface area (Å²) in [7, 11) is 0. The molecule has 0 aliphatic heterocycles. The molecule has 164 valence electrons. The predicted octanol–water partition coefficient (Wildman–Crippen LogP) is 7.25. The van der Waals surface area contributed by atoms with Crippen molar-refractivity contribution in [3.8, 4) is 11.5 Å². The Kier molecular flexibility index (Phi) is 13.7. The van der Waals surface area contributed by atoms with Crippen molar-refractivity contribution in [3.05, 3.63) is 33.8 Å². The molecule has 0 N–H and O–H groups in total. The van der Waals surface area contributed by atoms with Gasteiger partial charge in [0.05, 0.1) is 12.3 Å². The maximum Gasteiger partial charge on any atom is 0.125 e. The lowest BCUT2D eigenvalue weighted by Gasteiger charge is -2.17. The van der Waals surface area contributed by atoms with Gasteiger partial charge in [-0.3, -0.25) is 0 Å². The molecule has 0 amide bonds. The van der Waals surface area contributed by atoms with Crippen LogP contribution in [0.2, 0.25) is 0 Å². The first-order valence-corrected chi connectivity index (χ1v) is 11.3. The van der Waals surface area contributed by atoms with Crippen LogP contribution in [0.25, 0.3) is 0 Å². The van der Waals surface area contributed by atoms with Crippen molar-refractivity contribution < 1.29 is 14.3 Å². The zero-order valence-electron chi connectivity index (χ0n) is 18.2. The number of unbranched alkanes of at least 4 members (excludes halogenated alkanes) is 4. The van der Waals surface area contributed by atoms with Crippen LogP contribution >= 0.6 is 23.2 Å². The summed E-state index contributed by atoms with van der Waals surface area (Å²) >= 11 is 11.3. The van der Waals surface area contributed by atoms with Crippen LogP contribution in [0.15, 0.2) is 27.9 Å². The molecule has 0 saturated heterocycles. The Hall–Kier alpha value is -1.39. The van der Waals surface area contributed by atoms with Crippen LogP contribution < -0.4 is 9.47 Å². The SMILES string of the molecule is CCc1cc(OCC=C(Cl)Cl)cc(CC)c1OCCCCCCCON=C(C)C. The summed E-state index contributed by atoms with van der Waals surface area (Å²) < 4.78 is 12.1. The molecule has 1 rings (SSSR count). The highest BCUT2D eigenvalue weighted by atomic mass is 35.5. The molecule has 6 heteroatoms. The fourth-order valence-corrected chi connectivity index (χ4v) is 2.99. The van der Waals surface area contributed by atoms with Gasteiger partial charge in [0, 0.05) is 0 Å². The van der Waals surface area contributed by atoms with E-state index in [1.807, 2.05) is 26.0 Å².